The van der Waals surface area contributed by atoms with Crippen LogP contribution in [0.15, 0.2) is 48.7 Å². The van der Waals surface area contributed by atoms with Crippen LogP contribution in [0.4, 0.5) is 0 Å². The van der Waals surface area contributed by atoms with Crippen LogP contribution in [0.5, 0.6) is 0 Å². The molecule has 1 aliphatic heterocycles. The second kappa shape index (κ2) is 6.75. The van der Waals surface area contributed by atoms with Crippen LogP contribution >= 0.6 is 0 Å². The van der Waals surface area contributed by atoms with Gasteiger partial charge in [0.1, 0.15) is 0 Å². The molecule has 0 saturated carbocycles. The number of carbonyl (C=O) groups is 2. The molecule has 2 aromatic carbocycles. The minimum Gasteiger partial charge on any atom is -0.348 e. The second-order valence-corrected chi connectivity index (χ2v) is 6.86. The molecule has 5 nitrogen and oxygen atoms in total. The zero-order valence-corrected chi connectivity index (χ0v) is 14.7. The van der Waals surface area contributed by atoms with E-state index in [1.54, 1.807) is 6.20 Å². The summed E-state index contributed by atoms with van der Waals surface area (Å²) in [5.74, 6) is 0.0162. The fourth-order valence-corrected chi connectivity index (χ4v) is 3.68. The Bertz CT molecular complexity index is 999. The highest BCUT2D eigenvalue weighted by atomic mass is 16.2. The third-order valence-electron chi connectivity index (χ3n) is 4.90. The van der Waals surface area contributed by atoms with Crippen molar-refractivity contribution in [2.45, 2.75) is 25.8 Å². The largest absolute Gasteiger partial charge is 0.348 e. The summed E-state index contributed by atoms with van der Waals surface area (Å²) in [6, 6.07) is 13.7. The number of fused-ring (bicyclic) bond motifs is 3. The summed E-state index contributed by atoms with van der Waals surface area (Å²) in [5, 5.41) is 6.10. The van der Waals surface area contributed by atoms with Gasteiger partial charge in [0.2, 0.25) is 5.91 Å². The zero-order chi connectivity index (χ0) is 18.1. The molecule has 1 N–H and O–H groups in total. The van der Waals surface area contributed by atoms with Gasteiger partial charge in [0.15, 0.2) is 0 Å². The van der Waals surface area contributed by atoms with Crippen molar-refractivity contribution in [1.29, 1.82) is 0 Å². The Morgan fingerprint density at radius 3 is 2.85 bits per heavy atom. The first-order valence-corrected chi connectivity index (χ1v) is 8.98. The summed E-state index contributed by atoms with van der Waals surface area (Å²) in [6.07, 6.45) is 3.22. The topological polar surface area (TPSA) is 62.3 Å². The SMILES string of the molecule is CC(CN1CCCC1=O)NC(=O)c1cc2ccccc2c2cccnc12. The summed E-state index contributed by atoms with van der Waals surface area (Å²) >= 11 is 0. The highest BCUT2D eigenvalue weighted by Crippen LogP contribution is 2.27. The number of rotatable bonds is 4. The van der Waals surface area contributed by atoms with Gasteiger partial charge in [0.25, 0.3) is 5.91 Å². The molecule has 4 rings (SSSR count). The standard InChI is InChI=1S/C21H21N3O2/c1-14(13-24-11-5-9-19(24)25)23-21(26)18-12-15-6-2-3-7-16(15)17-8-4-10-22-20(17)18/h2-4,6-8,10,12,14H,5,9,11,13H2,1H3,(H,23,26). The van der Waals surface area contributed by atoms with E-state index in [-0.39, 0.29) is 17.9 Å². The molecule has 1 saturated heterocycles. The van der Waals surface area contributed by atoms with Crippen molar-refractivity contribution in [1.82, 2.24) is 15.2 Å². The number of aromatic nitrogens is 1. The van der Waals surface area contributed by atoms with Gasteiger partial charge >= 0.3 is 0 Å². The molecule has 1 atom stereocenters. The number of hydrogen-bond acceptors (Lipinski definition) is 3. The monoisotopic (exact) mass is 347 g/mol. The molecular formula is C21H21N3O2. The van der Waals surface area contributed by atoms with Crippen molar-refractivity contribution in [2.75, 3.05) is 13.1 Å². The summed E-state index contributed by atoms with van der Waals surface area (Å²) in [6.45, 7) is 3.25. The molecule has 1 unspecified atom stereocenters. The number of nitrogens with zero attached hydrogens (tertiary/aromatic N) is 2. The molecule has 2 heterocycles. The summed E-state index contributed by atoms with van der Waals surface area (Å²) in [4.78, 5) is 31.0. The van der Waals surface area contributed by atoms with E-state index in [9.17, 15) is 9.59 Å². The van der Waals surface area contributed by atoms with E-state index < -0.39 is 0 Å². The van der Waals surface area contributed by atoms with Gasteiger partial charge in [-0.2, -0.15) is 0 Å². The van der Waals surface area contributed by atoms with E-state index in [2.05, 4.69) is 10.3 Å². The maximum atomic E-state index is 12.9. The van der Waals surface area contributed by atoms with E-state index in [0.29, 0.717) is 24.0 Å². The summed E-state index contributed by atoms with van der Waals surface area (Å²) < 4.78 is 0. The third kappa shape index (κ3) is 3.01. The number of hydrogen-bond donors (Lipinski definition) is 1. The first-order valence-electron chi connectivity index (χ1n) is 8.98. The number of nitrogens with one attached hydrogen (secondary N) is 1. The van der Waals surface area contributed by atoms with Crippen molar-refractivity contribution in [3.05, 3.63) is 54.2 Å². The number of carbonyl (C=O) groups excluding carboxylic acids is 2. The van der Waals surface area contributed by atoms with Crippen LogP contribution in [0.25, 0.3) is 21.7 Å². The average molecular weight is 347 g/mol. The third-order valence-corrected chi connectivity index (χ3v) is 4.90. The number of amides is 2. The first-order chi connectivity index (χ1) is 12.6. The van der Waals surface area contributed by atoms with E-state index in [4.69, 9.17) is 0 Å². The van der Waals surface area contributed by atoms with Gasteiger partial charge in [-0.1, -0.05) is 30.3 Å². The van der Waals surface area contributed by atoms with Crippen LogP contribution in [0.2, 0.25) is 0 Å². The normalized spacial score (nSPS) is 15.6. The maximum Gasteiger partial charge on any atom is 0.253 e. The highest BCUT2D eigenvalue weighted by molar-refractivity contribution is 6.15. The van der Waals surface area contributed by atoms with E-state index in [0.717, 1.165) is 29.1 Å². The maximum absolute atomic E-state index is 12.9. The van der Waals surface area contributed by atoms with E-state index >= 15 is 0 Å². The predicted molar refractivity (Wildman–Crippen MR) is 102 cm³/mol. The van der Waals surface area contributed by atoms with Crippen molar-refractivity contribution in [3.8, 4) is 0 Å². The van der Waals surface area contributed by atoms with Crippen molar-refractivity contribution in [2.24, 2.45) is 0 Å². The fourth-order valence-electron chi connectivity index (χ4n) is 3.68. The van der Waals surface area contributed by atoms with Gasteiger partial charge in [0.05, 0.1) is 11.1 Å². The van der Waals surface area contributed by atoms with Gasteiger partial charge in [-0.15, -0.1) is 0 Å². The molecule has 1 aliphatic rings. The predicted octanol–water partition coefficient (Wildman–Crippen LogP) is 3.13. The van der Waals surface area contributed by atoms with Gasteiger partial charge in [-0.25, -0.2) is 0 Å². The lowest BCUT2D eigenvalue weighted by atomic mass is 10.00. The molecule has 1 fully saturated rings. The quantitative estimate of drug-likeness (QED) is 0.738. The van der Waals surface area contributed by atoms with Crippen LogP contribution in [-0.4, -0.2) is 40.8 Å². The Balaban J connectivity index is 1.64. The van der Waals surface area contributed by atoms with Crippen LogP contribution in [-0.2, 0) is 4.79 Å². The van der Waals surface area contributed by atoms with Gasteiger partial charge in [-0.05, 0) is 36.2 Å². The zero-order valence-electron chi connectivity index (χ0n) is 14.7. The van der Waals surface area contributed by atoms with Crippen LogP contribution < -0.4 is 5.32 Å². The van der Waals surface area contributed by atoms with Crippen LogP contribution in [0.1, 0.15) is 30.1 Å². The minimum absolute atomic E-state index is 0.116. The minimum atomic E-state index is -0.154. The Hall–Kier alpha value is -2.95. The van der Waals surface area contributed by atoms with E-state index in [1.807, 2.05) is 54.3 Å². The Labute approximate surface area is 152 Å². The van der Waals surface area contributed by atoms with Crippen molar-refractivity contribution < 1.29 is 9.59 Å². The molecule has 0 spiro atoms. The molecule has 0 aliphatic carbocycles. The Morgan fingerprint density at radius 2 is 2.04 bits per heavy atom. The number of benzene rings is 2. The number of pyridine rings is 1. The van der Waals surface area contributed by atoms with Gasteiger partial charge < -0.3 is 10.2 Å². The van der Waals surface area contributed by atoms with Gasteiger partial charge in [0, 0.05) is 37.1 Å². The molecule has 26 heavy (non-hydrogen) atoms. The average Bonchev–Trinajstić information content (AvgIpc) is 3.05. The van der Waals surface area contributed by atoms with Crippen LogP contribution in [0.3, 0.4) is 0 Å². The van der Waals surface area contributed by atoms with Crippen molar-refractivity contribution in [3.63, 3.8) is 0 Å². The second-order valence-electron chi connectivity index (χ2n) is 6.86. The van der Waals surface area contributed by atoms with E-state index in [1.165, 1.54) is 0 Å². The Morgan fingerprint density at radius 1 is 1.23 bits per heavy atom. The lowest BCUT2D eigenvalue weighted by molar-refractivity contribution is -0.127. The molecule has 3 aromatic rings. The molecule has 1 aromatic heterocycles. The molecule has 0 bridgehead atoms. The molecule has 5 heteroatoms. The summed E-state index contributed by atoms with van der Waals surface area (Å²) in [5.41, 5.74) is 1.27. The highest BCUT2D eigenvalue weighted by Gasteiger charge is 2.23. The lowest BCUT2D eigenvalue weighted by Crippen LogP contribution is -2.42. The van der Waals surface area contributed by atoms with Crippen LogP contribution in [0, 0.1) is 0 Å². The first kappa shape index (κ1) is 16.5. The smallest absolute Gasteiger partial charge is 0.253 e. The Kier molecular flexibility index (Phi) is 4.29. The summed E-state index contributed by atoms with van der Waals surface area (Å²) in [7, 11) is 0. The molecular weight excluding hydrogens is 326 g/mol. The van der Waals surface area contributed by atoms with Gasteiger partial charge in [-0.3, -0.25) is 14.6 Å². The lowest BCUT2D eigenvalue weighted by Gasteiger charge is -2.22. The molecule has 132 valence electrons. The molecule has 0 radical (unpaired) electrons. The number of likely N-dealkylation sites (tertiary alicyclic amines) is 1. The van der Waals surface area contributed by atoms with Crippen molar-refractivity contribution >= 4 is 33.5 Å². The fraction of sp³-hybridized carbons (Fsp3) is 0.286. The molecule has 2 amide bonds.